The number of benzene rings is 2. The molecular weight excluding hydrogens is 281 g/mol. The van der Waals surface area contributed by atoms with Gasteiger partial charge < -0.3 is 15.8 Å². The maximum absolute atomic E-state index is 12.8. The van der Waals surface area contributed by atoms with E-state index in [0.29, 0.717) is 11.4 Å². The number of ether oxygens (including phenoxy) is 1. The fraction of sp³-hybridized carbons (Fsp3) is 0.200. The predicted octanol–water partition coefficient (Wildman–Crippen LogP) is 3.78. The van der Waals surface area contributed by atoms with Crippen molar-refractivity contribution in [2.75, 3.05) is 24.2 Å². The Morgan fingerprint density at radius 2 is 1.67 bits per heavy atom. The standard InChI is InChI=1S/C15H15F3N2O/c16-15(17,18)11-5-1-3-7-13(11)20-9-10-21-14-8-4-2-6-12(14)19/h1-8,20H,9-10,19H2. The molecule has 0 aliphatic rings. The number of nitrogens with two attached hydrogens (primary N) is 1. The molecule has 21 heavy (non-hydrogen) atoms. The van der Waals surface area contributed by atoms with Gasteiger partial charge >= 0.3 is 6.18 Å². The Bertz CT molecular complexity index is 599. The van der Waals surface area contributed by atoms with Gasteiger partial charge in [-0.1, -0.05) is 24.3 Å². The van der Waals surface area contributed by atoms with Gasteiger partial charge in [0.25, 0.3) is 0 Å². The van der Waals surface area contributed by atoms with E-state index in [4.69, 9.17) is 10.5 Å². The number of para-hydroxylation sites is 3. The minimum absolute atomic E-state index is 0.0367. The van der Waals surface area contributed by atoms with Gasteiger partial charge in [-0.25, -0.2) is 0 Å². The molecule has 0 saturated heterocycles. The van der Waals surface area contributed by atoms with Gasteiger partial charge in [0.1, 0.15) is 12.4 Å². The number of anilines is 2. The quantitative estimate of drug-likeness (QED) is 0.652. The summed E-state index contributed by atoms with van der Waals surface area (Å²) in [5.74, 6) is 0.517. The van der Waals surface area contributed by atoms with E-state index in [9.17, 15) is 13.2 Å². The van der Waals surface area contributed by atoms with Crippen molar-refractivity contribution in [1.29, 1.82) is 0 Å². The maximum Gasteiger partial charge on any atom is 0.418 e. The summed E-state index contributed by atoms with van der Waals surface area (Å²) in [5, 5.41) is 2.72. The van der Waals surface area contributed by atoms with Crippen molar-refractivity contribution >= 4 is 11.4 Å². The van der Waals surface area contributed by atoms with Crippen LogP contribution < -0.4 is 15.8 Å². The van der Waals surface area contributed by atoms with Gasteiger partial charge in [0.2, 0.25) is 0 Å². The van der Waals surface area contributed by atoms with Crippen LogP contribution >= 0.6 is 0 Å². The zero-order chi connectivity index (χ0) is 15.3. The summed E-state index contributed by atoms with van der Waals surface area (Å²) in [6.45, 7) is 0.446. The van der Waals surface area contributed by atoms with E-state index in [0.717, 1.165) is 6.07 Å². The van der Waals surface area contributed by atoms with Crippen LogP contribution in [0, 0.1) is 0 Å². The summed E-state index contributed by atoms with van der Waals surface area (Å²) in [7, 11) is 0. The lowest BCUT2D eigenvalue weighted by atomic mass is 10.1. The van der Waals surface area contributed by atoms with Crippen molar-refractivity contribution in [2.24, 2.45) is 0 Å². The Hall–Kier alpha value is -2.37. The SMILES string of the molecule is Nc1ccccc1OCCNc1ccccc1C(F)(F)F. The third-order valence-corrected chi connectivity index (χ3v) is 2.83. The highest BCUT2D eigenvalue weighted by molar-refractivity contribution is 5.53. The summed E-state index contributed by atoms with van der Waals surface area (Å²) < 4.78 is 43.8. The molecule has 3 N–H and O–H groups in total. The van der Waals surface area contributed by atoms with Crippen molar-refractivity contribution in [1.82, 2.24) is 0 Å². The summed E-state index contributed by atoms with van der Waals surface area (Å²) in [6.07, 6.45) is -4.38. The second-order valence-electron chi connectivity index (χ2n) is 4.36. The summed E-state index contributed by atoms with van der Waals surface area (Å²) in [5.41, 5.74) is 5.54. The van der Waals surface area contributed by atoms with Gasteiger partial charge in [-0.15, -0.1) is 0 Å². The molecule has 2 rings (SSSR count). The summed E-state index contributed by atoms with van der Waals surface area (Å²) in [4.78, 5) is 0. The fourth-order valence-electron chi connectivity index (χ4n) is 1.84. The molecule has 3 nitrogen and oxygen atoms in total. The highest BCUT2D eigenvalue weighted by Crippen LogP contribution is 2.34. The maximum atomic E-state index is 12.8. The average Bonchev–Trinajstić information content (AvgIpc) is 2.45. The van der Waals surface area contributed by atoms with E-state index in [-0.39, 0.29) is 18.8 Å². The van der Waals surface area contributed by atoms with Crippen LogP contribution in [0.2, 0.25) is 0 Å². The van der Waals surface area contributed by atoms with E-state index in [1.165, 1.54) is 12.1 Å². The van der Waals surface area contributed by atoms with E-state index in [2.05, 4.69) is 5.32 Å². The van der Waals surface area contributed by atoms with Gasteiger partial charge in [0.15, 0.2) is 0 Å². The minimum Gasteiger partial charge on any atom is -0.490 e. The lowest BCUT2D eigenvalue weighted by Gasteiger charge is -2.15. The van der Waals surface area contributed by atoms with Gasteiger partial charge in [0.05, 0.1) is 11.3 Å². The first-order valence-corrected chi connectivity index (χ1v) is 6.36. The third kappa shape index (κ3) is 4.05. The van der Waals surface area contributed by atoms with Crippen LogP contribution in [-0.4, -0.2) is 13.2 Å². The Kier molecular flexibility index (Phi) is 4.57. The molecule has 0 radical (unpaired) electrons. The van der Waals surface area contributed by atoms with Gasteiger partial charge in [0, 0.05) is 12.2 Å². The predicted molar refractivity (Wildman–Crippen MR) is 76.3 cm³/mol. The van der Waals surface area contributed by atoms with Gasteiger partial charge in [-0.3, -0.25) is 0 Å². The summed E-state index contributed by atoms with van der Waals surface area (Å²) in [6, 6.07) is 12.3. The van der Waals surface area contributed by atoms with Crippen LogP contribution in [0.1, 0.15) is 5.56 Å². The second kappa shape index (κ2) is 6.39. The number of alkyl halides is 3. The molecule has 0 atom stereocenters. The number of nitrogens with one attached hydrogen (secondary N) is 1. The molecule has 0 aliphatic heterocycles. The molecule has 0 fully saturated rings. The van der Waals surface area contributed by atoms with E-state index in [1.54, 1.807) is 30.3 Å². The average molecular weight is 296 g/mol. The second-order valence-corrected chi connectivity index (χ2v) is 4.36. The lowest BCUT2D eigenvalue weighted by molar-refractivity contribution is -0.136. The molecular formula is C15H15F3N2O. The molecule has 0 heterocycles. The normalized spacial score (nSPS) is 11.2. The zero-order valence-electron chi connectivity index (χ0n) is 11.2. The van der Waals surface area contributed by atoms with Crippen molar-refractivity contribution in [3.63, 3.8) is 0 Å². The van der Waals surface area contributed by atoms with Crippen LogP contribution in [0.4, 0.5) is 24.5 Å². The number of hydrogen-bond donors (Lipinski definition) is 2. The van der Waals surface area contributed by atoms with Crippen LogP contribution in [0.5, 0.6) is 5.75 Å². The van der Waals surface area contributed by atoms with Gasteiger partial charge in [-0.05, 0) is 24.3 Å². The van der Waals surface area contributed by atoms with E-state index in [1.807, 2.05) is 0 Å². The first-order valence-electron chi connectivity index (χ1n) is 6.36. The van der Waals surface area contributed by atoms with Crippen molar-refractivity contribution in [3.05, 3.63) is 54.1 Å². The van der Waals surface area contributed by atoms with Crippen LogP contribution in [0.3, 0.4) is 0 Å². The van der Waals surface area contributed by atoms with Crippen LogP contribution in [0.25, 0.3) is 0 Å². The molecule has 0 amide bonds. The molecule has 0 saturated carbocycles. The fourth-order valence-corrected chi connectivity index (χ4v) is 1.84. The van der Waals surface area contributed by atoms with Crippen LogP contribution in [0.15, 0.2) is 48.5 Å². The third-order valence-electron chi connectivity index (χ3n) is 2.83. The van der Waals surface area contributed by atoms with Crippen LogP contribution in [-0.2, 0) is 6.18 Å². The number of halogens is 3. The molecule has 0 bridgehead atoms. The smallest absolute Gasteiger partial charge is 0.418 e. The van der Waals surface area contributed by atoms with Crippen molar-refractivity contribution < 1.29 is 17.9 Å². The molecule has 2 aromatic carbocycles. The summed E-state index contributed by atoms with van der Waals surface area (Å²) >= 11 is 0. The number of rotatable bonds is 5. The van der Waals surface area contributed by atoms with Crippen molar-refractivity contribution in [2.45, 2.75) is 6.18 Å². The lowest BCUT2D eigenvalue weighted by Crippen LogP contribution is -2.15. The highest BCUT2D eigenvalue weighted by Gasteiger charge is 2.32. The largest absolute Gasteiger partial charge is 0.490 e. The van der Waals surface area contributed by atoms with E-state index < -0.39 is 11.7 Å². The van der Waals surface area contributed by atoms with E-state index >= 15 is 0 Å². The topological polar surface area (TPSA) is 47.3 Å². The monoisotopic (exact) mass is 296 g/mol. The first kappa shape index (κ1) is 15.0. The molecule has 0 spiro atoms. The van der Waals surface area contributed by atoms with Crippen molar-refractivity contribution in [3.8, 4) is 5.75 Å². The molecule has 6 heteroatoms. The minimum atomic E-state index is -4.38. The Balaban J connectivity index is 1.91. The molecule has 112 valence electrons. The molecule has 0 aliphatic carbocycles. The zero-order valence-corrected chi connectivity index (χ0v) is 11.2. The molecule has 2 aromatic rings. The van der Waals surface area contributed by atoms with Gasteiger partial charge in [-0.2, -0.15) is 13.2 Å². The Morgan fingerprint density at radius 1 is 1.00 bits per heavy atom. The number of hydrogen-bond acceptors (Lipinski definition) is 3. The molecule has 0 aromatic heterocycles. The Morgan fingerprint density at radius 3 is 2.38 bits per heavy atom. The highest BCUT2D eigenvalue weighted by atomic mass is 19.4. The first-order chi connectivity index (χ1) is 9.98. The number of nitrogen functional groups attached to an aromatic ring is 1. The Labute approximate surface area is 120 Å². The molecule has 0 unspecified atom stereocenters.